The normalized spacial score (nSPS) is 14.4. The zero-order valence-electron chi connectivity index (χ0n) is 9.08. The lowest BCUT2D eigenvalue weighted by atomic mass is 9.84. The molecule has 3 N–H and O–H groups in total. The van der Waals surface area contributed by atoms with Crippen molar-refractivity contribution in [2.24, 2.45) is 11.1 Å². The molecule has 0 spiro atoms. The Hall–Kier alpha value is -0.800. The van der Waals surface area contributed by atoms with Gasteiger partial charge in [0.2, 0.25) is 0 Å². The largest absolute Gasteiger partial charge is 0.464 e. The summed E-state index contributed by atoms with van der Waals surface area (Å²) in [6.07, 6.45) is 0.867. The van der Waals surface area contributed by atoms with Gasteiger partial charge in [-0.2, -0.15) is 0 Å². The Morgan fingerprint density at radius 3 is 2.57 bits per heavy atom. The molecule has 3 heteroatoms. The van der Waals surface area contributed by atoms with Crippen molar-refractivity contribution in [1.29, 1.82) is 0 Å². The molecular formula is C11H19NO2. The van der Waals surface area contributed by atoms with E-state index in [9.17, 15) is 0 Å². The highest BCUT2D eigenvalue weighted by Gasteiger charge is 2.29. The highest BCUT2D eigenvalue weighted by molar-refractivity contribution is 5.12. The topological polar surface area (TPSA) is 59.4 Å². The monoisotopic (exact) mass is 197 g/mol. The molecule has 1 aromatic rings. The van der Waals surface area contributed by atoms with Gasteiger partial charge in [0.05, 0.1) is 12.6 Å². The van der Waals surface area contributed by atoms with E-state index in [1.807, 2.05) is 32.9 Å². The predicted molar refractivity (Wildman–Crippen MR) is 55.9 cm³/mol. The third-order valence-electron chi connectivity index (χ3n) is 2.59. The average molecular weight is 197 g/mol. The summed E-state index contributed by atoms with van der Waals surface area (Å²) in [4.78, 5) is 0. The maximum atomic E-state index is 9.17. The summed E-state index contributed by atoms with van der Waals surface area (Å²) in [6.45, 7) is 5.93. The lowest BCUT2D eigenvalue weighted by Gasteiger charge is -2.27. The van der Waals surface area contributed by atoms with Gasteiger partial charge in [-0.1, -0.05) is 20.8 Å². The van der Waals surface area contributed by atoms with Crippen LogP contribution in [0.2, 0.25) is 0 Å². The second-order valence-electron chi connectivity index (χ2n) is 4.28. The zero-order valence-corrected chi connectivity index (χ0v) is 9.08. The van der Waals surface area contributed by atoms with E-state index in [0.717, 1.165) is 17.9 Å². The quantitative estimate of drug-likeness (QED) is 0.774. The van der Waals surface area contributed by atoms with Crippen LogP contribution in [-0.4, -0.2) is 11.7 Å². The minimum atomic E-state index is -0.344. The van der Waals surface area contributed by atoms with Crippen molar-refractivity contribution in [2.75, 3.05) is 6.61 Å². The number of furan rings is 1. The van der Waals surface area contributed by atoms with Crippen LogP contribution in [-0.2, 0) is 6.42 Å². The van der Waals surface area contributed by atoms with Gasteiger partial charge in [-0.05, 0) is 12.1 Å². The van der Waals surface area contributed by atoms with E-state index >= 15 is 0 Å². The predicted octanol–water partition coefficient (Wildman–Crippen LogP) is 1.86. The molecule has 0 unspecified atom stereocenters. The Morgan fingerprint density at radius 2 is 2.14 bits per heavy atom. The fourth-order valence-corrected chi connectivity index (χ4v) is 1.24. The molecule has 80 valence electrons. The fourth-order valence-electron chi connectivity index (χ4n) is 1.24. The lowest BCUT2D eigenvalue weighted by Crippen LogP contribution is -2.32. The zero-order chi connectivity index (χ0) is 10.8. The van der Waals surface area contributed by atoms with E-state index in [4.69, 9.17) is 15.3 Å². The Kier molecular flexibility index (Phi) is 3.34. The molecule has 0 aliphatic rings. The van der Waals surface area contributed by atoms with Crippen molar-refractivity contribution in [2.45, 2.75) is 33.2 Å². The minimum Gasteiger partial charge on any atom is -0.464 e. The number of aliphatic hydroxyl groups is 1. The van der Waals surface area contributed by atoms with Crippen LogP contribution in [0.4, 0.5) is 0 Å². The molecule has 1 rings (SSSR count). The summed E-state index contributed by atoms with van der Waals surface area (Å²) in [7, 11) is 0. The molecule has 3 nitrogen and oxygen atoms in total. The van der Waals surface area contributed by atoms with Crippen molar-refractivity contribution in [1.82, 2.24) is 0 Å². The van der Waals surface area contributed by atoms with Crippen molar-refractivity contribution >= 4 is 0 Å². The van der Waals surface area contributed by atoms with E-state index in [1.165, 1.54) is 0 Å². The number of aliphatic hydroxyl groups excluding tert-OH is 1. The van der Waals surface area contributed by atoms with Crippen molar-refractivity contribution < 1.29 is 9.52 Å². The first-order chi connectivity index (χ1) is 6.51. The Morgan fingerprint density at radius 1 is 1.50 bits per heavy atom. The maximum Gasteiger partial charge on any atom is 0.121 e. The van der Waals surface area contributed by atoms with Gasteiger partial charge in [0, 0.05) is 11.8 Å². The second kappa shape index (κ2) is 4.15. The summed E-state index contributed by atoms with van der Waals surface area (Å²) in [5.74, 6) is 1.69. The molecule has 1 heterocycles. The molecule has 1 aromatic heterocycles. The lowest BCUT2D eigenvalue weighted by molar-refractivity contribution is 0.122. The van der Waals surface area contributed by atoms with Crippen LogP contribution in [0.1, 0.15) is 38.3 Å². The van der Waals surface area contributed by atoms with Gasteiger partial charge in [0.25, 0.3) is 0 Å². The summed E-state index contributed by atoms with van der Waals surface area (Å²) >= 11 is 0. The van der Waals surface area contributed by atoms with Crippen LogP contribution < -0.4 is 5.73 Å². The third-order valence-corrected chi connectivity index (χ3v) is 2.59. The average Bonchev–Trinajstić information content (AvgIpc) is 2.64. The standard InChI is InChI=1S/C11H19NO2/c1-4-8-5-6-9(14-8)10(12)11(2,3)7-13/h5-6,10,13H,4,7,12H2,1-3H3/t10-/m0/s1. The number of hydrogen-bond donors (Lipinski definition) is 2. The molecular weight excluding hydrogens is 178 g/mol. The van der Waals surface area contributed by atoms with Crippen LogP contribution in [0.25, 0.3) is 0 Å². The summed E-state index contributed by atoms with van der Waals surface area (Å²) < 4.78 is 5.55. The van der Waals surface area contributed by atoms with Crippen LogP contribution in [0, 0.1) is 5.41 Å². The molecule has 0 aromatic carbocycles. The van der Waals surface area contributed by atoms with E-state index in [1.54, 1.807) is 0 Å². The maximum absolute atomic E-state index is 9.17. The summed E-state index contributed by atoms with van der Waals surface area (Å²) in [5, 5.41) is 9.17. The molecule has 0 radical (unpaired) electrons. The third kappa shape index (κ3) is 2.16. The van der Waals surface area contributed by atoms with Crippen molar-refractivity contribution in [3.8, 4) is 0 Å². The number of rotatable bonds is 4. The molecule has 14 heavy (non-hydrogen) atoms. The van der Waals surface area contributed by atoms with Crippen LogP contribution in [0.5, 0.6) is 0 Å². The van der Waals surface area contributed by atoms with E-state index in [2.05, 4.69) is 0 Å². The van der Waals surface area contributed by atoms with E-state index in [0.29, 0.717) is 0 Å². The number of nitrogens with two attached hydrogens (primary N) is 1. The van der Waals surface area contributed by atoms with Crippen molar-refractivity contribution in [3.63, 3.8) is 0 Å². The van der Waals surface area contributed by atoms with E-state index in [-0.39, 0.29) is 18.1 Å². The fraction of sp³-hybridized carbons (Fsp3) is 0.636. The minimum absolute atomic E-state index is 0.0519. The van der Waals surface area contributed by atoms with E-state index < -0.39 is 0 Å². The Labute approximate surface area is 84.9 Å². The van der Waals surface area contributed by atoms with Gasteiger partial charge in [-0.25, -0.2) is 0 Å². The first-order valence-electron chi connectivity index (χ1n) is 4.96. The first kappa shape index (κ1) is 11.3. The molecule has 0 saturated heterocycles. The highest BCUT2D eigenvalue weighted by atomic mass is 16.3. The van der Waals surface area contributed by atoms with Gasteiger partial charge in [0.1, 0.15) is 11.5 Å². The molecule has 0 aliphatic heterocycles. The Bertz CT molecular complexity index is 291. The number of aryl methyl sites for hydroxylation is 1. The van der Waals surface area contributed by atoms with Gasteiger partial charge in [-0.15, -0.1) is 0 Å². The second-order valence-corrected chi connectivity index (χ2v) is 4.28. The number of hydrogen-bond acceptors (Lipinski definition) is 3. The summed E-state index contributed by atoms with van der Waals surface area (Å²) in [6, 6.07) is 3.57. The van der Waals surface area contributed by atoms with Gasteiger partial charge < -0.3 is 15.3 Å². The molecule has 0 aliphatic carbocycles. The molecule has 1 atom stereocenters. The van der Waals surface area contributed by atoms with Crippen LogP contribution in [0.15, 0.2) is 16.5 Å². The SMILES string of the molecule is CCc1ccc([C@H](N)C(C)(C)CO)o1. The van der Waals surface area contributed by atoms with Gasteiger partial charge in [-0.3, -0.25) is 0 Å². The van der Waals surface area contributed by atoms with Crippen LogP contribution in [0.3, 0.4) is 0 Å². The van der Waals surface area contributed by atoms with Crippen molar-refractivity contribution in [3.05, 3.63) is 23.7 Å². The van der Waals surface area contributed by atoms with Crippen LogP contribution >= 0.6 is 0 Å². The first-order valence-corrected chi connectivity index (χ1v) is 4.96. The smallest absolute Gasteiger partial charge is 0.121 e. The van der Waals surface area contributed by atoms with Gasteiger partial charge in [0.15, 0.2) is 0 Å². The molecule has 0 saturated carbocycles. The molecule has 0 bridgehead atoms. The highest BCUT2D eigenvalue weighted by Crippen LogP contribution is 2.31. The van der Waals surface area contributed by atoms with Gasteiger partial charge >= 0.3 is 0 Å². The molecule has 0 fully saturated rings. The molecule has 0 amide bonds. The summed E-state index contributed by atoms with van der Waals surface area (Å²) in [5.41, 5.74) is 5.65. The Balaban J connectivity index is 2.83.